The Bertz CT molecular complexity index is 1300. The minimum atomic E-state index is -0.485. The van der Waals surface area contributed by atoms with Gasteiger partial charge in [-0.25, -0.2) is 4.68 Å². The standard InChI is InChI=1S/C25H22ClN5O2S/c1-16-10-12-17(13-11-16)22-23(24(32)27-19-7-5-6-18(26)14-19)34-25-29-28-21(31(25)30-22)15-33-20-8-3-2-4-9-20/h2-14,22-23,30H,15H2,1H3,(H,27,32). The molecular formula is C25H22ClN5O2S. The van der Waals surface area contributed by atoms with Crippen molar-refractivity contribution < 1.29 is 9.53 Å². The number of benzene rings is 3. The van der Waals surface area contributed by atoms with Gasteiger partial charge in [-0.05, 0) is 42.8 Å². The monoisotopic (exact) mass is 491 g/mol. The van der Waals surface area contributed by atoms with E-state index >= 15 is 0 Å². The predicted octanol–water partition coefficient (Wildman–Crippen LogP) is 5.22. The first-order valence-corrected chi connectivity index (χ1v) is 12.0. The molecule has 0 aliphatic carbocycles. The largest absolute Gasteiger partial charge is 0.486 e. The van der Waals surface area contributed by atoms with Crippen molar-refractivity contribution in [3.8, 4) is 5.75 Å². The van der Waals surface area contributed by atoms with E-state index in [2.05, 4.69) is 20.9 Å². The molecule has 0 fully saturated rings. The summed E-state index contributed by atoms with van der Waals surface area (Å²) in [5, 5.41) is 12.3. The van der Waals surface area contributed by atoms with Gasteiger partial charge >= 0.3 is 0 Å². The van der Waals surface area contributed by atoms with Crippen LogP contribution in [0, 0.1) is 6.92 Å². The van der Waals surface area contributed by atoms with Crippen LogP contribution in [0.25, 0.3) is 0 Å². The number of ether oxygens (including phenoxy) is 1. The van der Waals surface area contributed by atoms with Gasteiger partial charge in [0.05, 0.1) is 6.04 Å². The third-order valence-electron chi connectivity index (χ3n) is 5.40. The van der Waals surface area contributed by atoms with Crippen LogP contribution < -0.4 is 15.5 Å². The summed E-state index contributed by atoms with van der Waals surface area (Å²) in [4.78, 5) is 13.4. The number of thioether (sulfide) groups is 1. The quantitative estimate of drug-likeness (QED) is 0.385. The third kappa shape index (κ3) is 4.88. The Morgan fingerprint density at radius 1 is 1.09 bits per heavy atom. The molecule has 2 atom stereocenters. The fourth-order valence-electron chi connectivity index (χ4n) is 3.66. The summed E-state index contributed by atoms with van der Waals surface area (Å²) in [6.07, 6.45) is 0. The number of nitrogens with zero attached hydrogens (tertiary/aromatic N) is 3. The van der Waals surface area contributed by atoms with Gasteiger partial charge in [-0.2, -0.15) is 0 Å². The number of fused-ring (bicyclic) bond motifs is 1. The number of hydrogen-bond donors (Lipinski definition) is 2. The van der Waals surface area contributed by atoms with Crippen molar-refractivity contribution in [2.24, 2.45) is 0 Å². The molecule has 0 saturated carbocycles. The fraction of sp³-hybridized carbons (Fsp3) is 0.160. The van der Waals surface area contributed by atoms with E-state index in [1.165, 1.54) is 11.8 Å². The lowest BCUT2D eigenvalue weighted by molar-refractivity contribution is -0.116. The van der Waals surface area contributed by atoms with E-state index in [1.54, 1.807) is 22.9 Å². The van der Waals surface area contributed by atoms with Crippen LogP contribution in [0.4, 0.5) is 5.69 Å². The third-order valence-corrected chi connectivity index (χ3v) is 6.85. The van der Waals surface area contributed by atoms with Crippen molar-refractivity contribution >= 4 is 35.0 Å². The highest BCUT2D eigenvalue weighted by Gasteiger charge is 2.38. The number of nitrogens with one attached hydrogen (secondary N) is 2. The van der Waals surface area contributed by atoms with E-state index in [4.69, 9.17) is 16.3 Å². The molecular weight excluding hydrogens is 470 g/mol. The molecule has 2 N–H and O–H groups in total. The number of rotatable bonds is 6. The van der Waals surface area contributed by atoms with Gasteiger partial charge in [-0.3, -0.25) is 4.79 Å². The first kappa shape index (κ1) is 22.3. The second-order valence-electron chi connectivity index (χ2n) is 7.89. The summed E-state index contributed by atoms with van der Waals surface area (Å²) in [6, 6.07) is 24.5. The lowest BCUT2D eigenvalue weighted by atomic mass is 10.0. The van der Waals surface area contributed by atoms with Gasteiger partial charge in [0.1, 0.15) is 17.6 Å². The van der Waals surface area contributed by atoms with Crippen LogP contribution >= 0.6 is 23.4 Å². The van der Waals surface area contributed by atoms with Crippen LogP contribution in [0.5, 0.6) is 5.75 Å². The zero-order chi connectivity index (χ0) is 23.5. The van der Waals surface area contributed by atoms with E-state index in [0.29, 0.717) is 21.7 Å². The lowest BCUT2D eigenvalue weighted by Crippen LogP contribution is -2.41. The van der Waals surface area contributed by atoms with Crippen molar-refractivity contribution in [1.29, 1.82) is 0 Å². The molecule has 172 valence electrons. The normalized spacial score (nSPS) is 16.9. The number of para-hydroxylation sites is 1. The predicted molar refractivity (Wildman–Crippen MR) is 134 cm³/mol. The molecule has 0 bridgehead atoms. The van der Waals surface area contributed by atoms with E-state index < -0.39 is 5.25 Å². The van der Waals surface area contributed by atoms with E-state index in [1.807, 2.05) is 67.6 Å². The summed E-state index contributed by atoms with van der Waals surface area (Å²) in [5.41, 5.74) is 6.23. The molecule has 1 aliphatic rings. The van der Waals surface area contributed by atoms with E-state index in [-0.39, 0.29) is 18.6 Å². The SMILES string of the molecule is Cc1ccc(C2Nn3c(COc4ccccc4)nnc3SC2C(=O)Nc2cccc(Cl)c2)cc1. The Kier molecular flexibility index (Phi) is 6.42. The Morgan fingerprint density at radius 2 is 1.88 bits per heavy atom. The molecule has 3 aromatic carbocycles. The van der Waals surface area contributed by atoms with Gasteiger partial charge in [-0.1, -0.05) is 77.5 Å². The number of anilines is 1. The molecule has 1 aliphatic heterocycles. The average molecular weight is 492 g/mol. The van der Waals surface area contributed by atoms with Crippen molar-refractivity contribution in [2.45, 2.75) is 30.0 Å². The van der Waals surface area contributed by atoms with Crippen LogP contribution in [-0.2, 0) is 11.4 Å². The highest BCUT2D eigenvalue weighted by atomic mass is 35.5. The molecule has 2 unspecified atom stereocenters. The topological polar surface area (TPSA) is 81.1 Å². The Balaban J connectivity index is 1.42. The van der Waals surface area contributed by atoms with E-state index in [0.717, 1.165) is 16.9 Å². The van der Waals surface area contributed by atoms with Crippen LogP contribution in [0.1, 0.15) is 23.0 Å². The Hall–Kier alpha value is -3.49. The zero-order valence-corrected chi connectivity index (χ0v) is 19.9. The second-order valence-corrected chi connectivity index (χ2v) is 9.44. The second kappa shape index (κ2) is 9.79. The first-order valence-electron chi connectivity index (χ1n) is 10.8. The van der Waals surface area contributed by atoms with Crippen LogP contribution in [-0.4, -0.2) is 26.0 Å². The van der Waals surface area contributed by atoms with Crippen LogP contribution in [0.15, 0.2) is 84.0 Å². The maximum atomic E-state index is 13.4. The van der Waals surface area contributed by atoms with Gasteiger partial charge in [0.2, 0.25) is 11.1 Å². The molecule has 5 rings (SSSR count). The van der Waals surface area contributed by atoms with Crippen molar-refractivity contribution in [3.05, 3.63) is 101 Å². The molecule has 9 heteroatoms. The number of halogens is 1. The Morgan fingerprint density at radius 3 is 2.65 bits per heavy atom. The number of amides is 1. The number of hydrogen-bond acceptors (Lipinski definition) is 6. The molecule has 7 nitrogen and oxygen atoms in total. The summed E-state index contributed by atoms with van der Waals surface area (Å²) < 4.78 is 7.68. The van der Waals surface area contributed by atoms with Crippen molar-refractivity contribution in [3.63, 3.8) is 0 Å². The van der Waals surface area contributed by atoms with Gasteiger partial charge in [0.15, 0.2) is 5.82 Å². The lowest BCUT2D eigenvalue weighted by Gasteiger charge is -2.33. The number of aromatic nitrogens is 3. The van der Waals surface area contributed by atoms with Gasteiger partial charge in [0.25, 0.3) is 0 Å². The van der Waals surface area contributed by atoms with Crippen LogP contribution in [0.3, 0.4) is 0 Å². The molecule has 2 heterocycles. The number of aryl methyl sites for hydroxylation is 1. The summed E-state index contributed by atoms with van der Waals surface area (Å²) in [7, 11) is 0. The molecule has 0 saturated heterocycles. The van der Waals surface area contributed by atoms with Crippen molar-refractivity contribution in [2.75, 3.05) is 10.7 Å². The maximum Gasteiger partial charge on any atom is 0.240 e. The van der Waals surface area contributed by atoms with Crippen LogP contribution in [0.2, 0.25) is 5.02 Å². The molecule has 4 aromatic rings. The molecule has 1 aromatic heterocycles. The Labute approximate surface area is 206 Å². The number of carbonyl (C=O) groups is 1. The average Bonchev–Trinajstić information content (AvgIpc) is 3.25. The summed E-state index contributed by atoms with van der Waals surface area (Å²) in [5.74, 6) is 1.22. The van der Waals surface area contributed by atoms with Gasteiger partial charge in [0, 0.05) is 10.7 Å². The molecule has 0 radical (unpaired) electrons. The smallest absolute Gasteiger partial charge is 0.240 e. The minimum Gasteiger partial charge on any atom is -0.486 e. The summed E-state index contributed by atoms with van der Waals surface area (Å²) >= 11 is 7.46. The molecule has 0 spiro atoms. The highest BCUT2D eigenvalue weighted by molar-refractivity contribution is 8.00. The highest BCUT2D eigenvalue weighted by Crippen LogP contribution is 2.38. The molecule has 34 heavy (non-hydrogen) atoms. The van der Waals surface area contributed by atoms with Crippen molar-refractivity contribution in [1.82, 2.24) is 14.9 Å². The minimum absolute atomic E-state index is 0.151. The van der Waals surface area contributed by atoms with Gasteiger partial charge in [-0.15, -0.1) is 10.2 Å². The van der Waals surface area contributed by atoms with E-state index in [9.17, 15) is 4.79 Å². The summed E-state index contributed by atoms with van der Waals surface area (Å²) in [6.45, 7) is 2.28. The van der Waals surface area contributed by atoms with Gasteiger partial charge < -0.3 is 15.5 Å². The fourth-order valence-corrected chi connectivity index (χ4v) is 4.95. The number of carbonyl (C=O) groups excluding carboxylic acids is 1. The maximum absolute atomic E-state index is 13.4. The first-order chi connectivity index (χ1) is 16.6. The zero-order valence-electron chi connectivity index (χ0n) is 18.3. The molecule has 1 amide bonds.